The molecule has 0 radical (unpaired) electrons. The molecule has 0 aliphatic heterocycles. The van der Waals surface area contributed by atoms with Crippen LogP contribution in [0.15, 0.2) is 170 Å². The molecule has 0 spiro atoms. The SMILES string of the molecule is CCCCCCCC(C)(C)C(=O)Oc1ccc(C2(c3ccc(OC(=O)Oc4ccc(C(C)(c5ccc(OC(C)(C)CCCCCC)cc5)c5ccc(N(c6ccc(C)cc6)c6ccc(C)cc6)cc5)cc4)cc3)CCCCC2)cc1. The highest BCUT2D eigenvalue weighted by atomic mass is 16.7. The van der Waals surface area contributed by atoms with Crippen LogP contribution in [0.1, 0.15) is 190 Å². The van der Waals surface area contributed by atoms with Gasteiger partial charge in [0.1, 0.15) is 28.6 Å². The van der Waals surface area contributed by atoms with E-state index in [0.717, 1.165) is 97.3 Å². The first-order chi connectivity index (χ1) is 38.5. The summed E-state index contributed by atoms with van der Waals surface area (Å²) < 4.78 is 24.2. The van der Waals surface area contributed by atoms with Crippen LogP contribution in [0, 0.1) is 19.3 Å². The Hall–Kier alpha value is -7.12. The van der Waals surface area contributed by atoms with E-state index >= 15 is 0 Å². The monoisotopic (exact) mass is 1070 g/mol. The molecule has 80 heavy (non-hydrogen) atoms. The van der Waals surface area contributed by atoms with E-state index in [1.165, 1.54) is 67.2 Å². The number of benzene rings is 7. The zero-order chi connectivity index (χ0) is 56.8. The maximum absolute atomic E-state index is 13.5. The van der Waals surface area contributed by atoms with Gasteiger partial charge in [-0.25, -0.2) is 4.79 Å². The highest BCUT2D eigenvalue weighted by Gasteiger charge is 2.37. The average molecular weight is 1070 g/mol. The Bertz CT molecular complexity index is 3000. The molecular formula is C73H87NO6. The zero-order valence-corrected chi connectivity index (χ0v) is 49.4. The summed E-state index contributed by atoms with van der Waals surface area (Å²) in [7, 11) is 0. The number of anilines is 3. The molecule has 1 fully saturated rings. The summed E-state index contributed by atoms with van der Waals surface area (Å²) in [6.07, 6.45) is 17.0. The Morgan fingerprint density at radius 1 is 0.438 bits per heavy atom. The van der Waals surface area contributed by atoms with Crippen molar-refractivity contribution in [1.29, 1.82) is 0 Å². The van der Waals surface area contributed by atoms with E-state index in [2.05, 4.69) is 175 Å². The molecule has 0 N–H and O–H groups in total. The van der Waals surface area contributed by atoms with Gasteiger partial charge in [-0.3, -0.25) is 4.79 Å². The minimum absolute atomic E-state index is 0.184. The van der Waals surface area contributed by atoms with Gasteiger partial charge in [0.2, 0.25) is 0 Å². The van der Waals surface area contributed by atoms with Gasteiger partial charge in [0, 0.05) is 27.9 Å². The molecule has 7 heteroatoms. The van der Waals surface area contributed by atoms with E-state index in [0.29, 0.717) is 17.2 Å². The van der Waals surface area contributed by atoms with Crippen LogP contribution in [0.5, 0.6) is 23.0 Å². The molecule has 1 atom stereocenters. The van der Waals surface area contributed by atoms with Gasteiger partial charge in [0.25, 0.3) is 0 Å². The van der Waals surface area contributed by atoms with Crippen LogP contribution < -0.4 is 23.8 Å². The number of nitrogens with zero attached hydrogens (tertiary/aromatic N) is 1. The van der Waals surface area contributed by atoms with Gasteiger partial charge in [-0.15, -0.1) is 0 Å². The fraction of sp³-hybridized carbons (Fsp3) is 0.397. The topological polar surface area (TPSA) is 74.3 Å². The van der Waals surface area contributed by atoms with Gasteiger partial charge in [-0.05, 0) is 193 Å². The van der Waals surface area contributed by atoms with Gasteiger partial charge in [-0.2, -0.15) is 0 Å². The first-order valence-corrected chi connectivity index (χ1v) is 29.8. The number of rotatable bonds is 25. The quantitative estimate of drug-likeness (QED) is 0.0186. The molecule has 7 aromatic carbocycles. The molecule has 0 aromatic heterocycles. The van der Waals surface area contributed by atoms with Crippen molar-refractivity contribution in [2.24, 2.45) is 5.41 Å². The lowest BCUT2D eigenvalue weighted by molar-refractivity contribution is -0.144. The van der Waals surface area contributed by atoms with Crippen molar-refractivity contribution in [3.05, 3.63) is 209 Å². The Balaban J connectivity index is 0.987. The van der Waals surface area contributed by atoms with Gasteiger partial charge in [0.05, 0.1) is 5.41 Å². The molecule has 8 rings (SSSR count). The number of aryl methyl sites for hydroxylation is 2. The Kier molecular flexibility index (Phi) is 19.8. The summed E-state index contributed by atoms with van der Waals surface area (Å²) >= 11 is 0. The number of esters is 1. The Morgan fingerprint density at radius 3 is 1.27 bits per heavy atom. The van der Waals surface area contributed by atoms with Crippen LogP contribution in [-0.2, 0) is 15.6 Å². The van der Waals surface area contributed by atoms with Gasteiger partial charge < -0.3 is 23.8 Å². The van der Waals surface area contributed by atoms with E-state index in [-0.39, 0.29) is 17.0 Å². The van der Waals surface area contributed by atoms with E-state index in [4.69, 9.17) is 18.9 Å². The molecule has 1 unspecified atom stereocenters. The van der Waals surface area contributed by atoms with Gasteiger partial charge >= 0.3 is 12.1 Å². The van der Waals surface area contributed by atoms with Crippen LogP contribution >= 0.6 is 0 Å². The van der Waals surface area contributed by atoms with Crippen molar-refractivity contribution in [2.45, 2.75) is 181 Å². The second-order valence-electron chi connectivity index (χ2n) is 24.0. The maximum atomic E-state index is 13.5. The number of unbranched alkanes of at least 4 members (excludes halogenated alkanes) is 7. The van der Waals surface area contributed by atoms with Gasteiger partial charge in [0.15, 0.2) is 0 Å². The van der Waals surface area contributed by atoms with Crippen molar-refractivity contribution < 1.29 is 28.5 Å². The zero-order valence-electron chi connectivity index (χ0n) is 49.4. The number of hydrogen-bond acceptors (Lipinski definition) is 7. The molecule has 420 valence electrons. The lowest BCUT2D eigenvalue weighted by Crippen LogP contribution is -2.31. The smallest absolute Gasteiger partial charge is 0.488 e. The van der Waals surface area contributed by atoms with Crippen molar-refractivity contribution in [3.8, 4) is 23.0 Å². The third-order valence-corrected chi connectivity index (χ3v) is 16.8. The van der Waals surface area contributed by atoms with Gasteiger partial charge in [-0.1, -0.05) is 181 Å². The normalized spacial score (nSPS) is 14.2. The summed E-state index contributed by atoms with van der Waals surface area (Å²) in [5, 5.41) is 0. The summed E-state index contributed by atoms with van der Waals surface area (Å²) in [5.74, 6) is 2.02. The van der Waals surface area contributed by atoms with E-state index < -0.39 is 17.0 Å². The minimum atomic E-state index is -0.809. The Morgan fingerprint density at radius 2 is 0.812 bits per heavy atom. The highest BCUT2D eigenvalue weighted by Crippen LogP contribution is 2.47. The predicted molar refractivity (Wildman–Crippen MR) is 329 cm³/mol. The van der Waals surface area contributed by atoms with Crippen LogP contribution in [0.2, 0.25) is 0 Å². The molecule has 7 aromatic rings. The number of ether oxygens (including phenoxy) is 4. The summed E-state index contributed by atoms with van der Waals surface area (Å²) in [6.45, 7) is 19.3. The number of hydrogen-bond donors (Lipinski definition) is 0. The fourth-order valence-electron chi connectivity index (χ4n) is 11.7. The number of carbonyl (C=O) groups excluding carboxylic acids is 2. The molecule has 0 bridgehead atoms. The molecule has 1 saturated carbocycles. The minimum Gasteiger partial charge on any atom is -0.488 e. The van der Waals surface area contributed by atoms with Crippen LogP contribution in [-0.4, -0.2) is 17.7 Å². The maximum Gasteiger partial charge on any atom is 0.519 e. The summed E-state index contributed by atoms with van der Waals surface area (Å²) in [6, 6.07) is 58.5. The molecule has 1 aliphatic carbocycles. The van der Waals surface area contributed by atoms with Crippen molar-refractivity contribution in [2.75, 3.05) is 4.90 Å². The third kappa shape index (κ3) is 14.8. The van der Waals surface area contributed by atoms with E-state index in [9.17, 15) is 9.59 Å². The first kappa shape index (κ1) is 59.0. The van der Waals surface area contributed by atoms with Crippen molar-refractivity contribution in [1.82, 2.24) is 0 Å². The van der Waals surface area contributed by atoms with Crippen molar-refractivity contribution >= 4 is 29.2 Å². The molecular weight excluding hydrogens is 987 g/mol. The molecule has 0 heterocycles. The summed E-state index contributed by atoms with van der Waals surface area (Å²) in [4.78, 5) is 29.1. The summed E-state index contributed by atoms with van der Waals surface area (Å²) in [5.41, 5.74) is 9.57. The second-order valence-corrected chi connectivity index (χ2v) is 24.0. The third-order valence-electron chi connectivity index (χ3n) is 16.8. The largest absolute Gasteiger partial charge is 0.519 e. The standard InChI is InChI=1S/C73H87NO6/c1-10-12-14-16-18-50-70(5,6)68(75)77-64-44-32-59(33-45-64)73(52-20-17-21-53-73)60-34-46-66(47-35-60)79-69(76)78-65-42-28-57(29-43-65)72(9,58-30-48-67(49-31-58)80-71(7,8)51-19-15-13-11-2)56-26-40-63(41-27-56)74(61-36-22-54(3)23-37-61)62-38-24-55(4)25-39-62/h22-49H,10-21,50-53H2,1-9H3. The first-order valence-electron chi connectivity index (χ1n) is 29.8. The van der Waals surface area contributed by atoms with Crippen molar-refractivity contribution in [3.63, 3.8) is 0 Å². The molecule has 1 aliphatic rings. The lowest BCUT2D eigenvalue weighted by Gasteiger charge is -2.38. The number of carbonyl (C=O) groups is 2. The van der Waals surface area contributed by atoms with Crippen LogP contribution in [0.4, 0.5) is 21.9 Å². The second kappa shape index (κ2) is 26.9. The predicted octanol–water partition coefficient (Wildman–Crippen LogP) is 20.4. The van der Waals surface area contributed by atoms with E-state index in [1.54, 1.807) is 0 Å². The average Bonchev–Trinajstić information content (AvgIpc) is 3.66. The Labute approximate surface area is 479 Å². The highest BCUT2D eigenvalue weighted by molar-refractivity contribution is 5.79. The molecule has 0 saturated heterocycles. The van der Waals surface area contributed by atoms with E-state index in [1.807, 2.05) is 62.4 Å². The van der Waals surface area contributed by atoms with Crippen LogP contribution in [0.3, 0.4) is 0 Å². The molecule has 0 amide bonds. The van der Waals surface area contributed by atoms with Crippen LogP contribution in [0.25, 0.3) is 0 Å². The lowest BCUT2D eigenvalue weighted by atomic mass is 9.65. The fourth-order valence-corrected chi connectivity index (χ4v) is 11.7. The molecule has 7 nitrogen and oxygen atoms in total.